The molecule has 0 unspecified atom stereocenters. The molecule has 0 radical (unpaired) electrons. The number of rotatable bonds is 5. The Balaban J connectivity index is 2.08. The van der Waals surface area contributed by atoms with E-state index in [1.165, 1.54) is 0 Å². The number of ether oxygens (including phenoxy) is 2. The van der Waals surface area contributed by atoms with Crippen LogP contribution in [-0.2, 0) is 9.47 Å². The first kappa shape index (κ1) is 11.0. The minimum Gasteiger partial charge on any atom is -0.381 e. The molecule has 0 aromatic heterocycles. The normalized spacial score (nSPS) is 28.6. The predicted octanol–water partition coefficient (Wildman–Crippen LogP) is 1.18. The van der Waals surface area contributed by atoms with Crippen molar-refractivity contribution in [2.45, 2.75) is 44.4 Å². The highest BCUT2D eigenvalue weighted by Gasteiger charge is 2.30. The third kappa shape index (κ3) is 3.25. The van der Waals surface area contributed by atoms with Crippen LogP contribution in [0.1, 0.15) is 26.7 Å². The number of nitrogens with one attached hydrogen (secondary N) is 1. The first-order valence-electron chi connectivity index (χ1n) is 4.89. The topological polar surface area (TPSA) is 30.5 Å². The summed E-state index contributed by atoms with van der Waals surface area (Å²) in [5.74, 6) is 0. The molecule has 3 heteroatoms. The predicted molar refractivity (Wildman–Crippen MR) is 52.9 cm³/mol. The van der Waals surface area contributed by atoms with E-state index in [1.54, 1.807) is 14.2 Å². The molecule has 1 N–H and O–H groups in total. The fourth-order valence-electron chi connectivity index (χ4n) is 1.39. The molecule has 78 valence electrons. The van der Waals surface area contributed by atoms with E-state index in [1.807, 2.05) is 0 Å². The monoisotopic (exact) mass is 187 g/mol. The van der Waals surface area contributed by atoms with Gasteiger partial charge in [-0.05, 0) is 26.7 Å². The van der Waals surface area contributed by atoms with E-state index in [4.69, 9.17) is 9.47 Å². The summed E-state index contributed by atoms with van der Waals surface area (Å²) in [7, 11) is 3.53. The molecule has 1 aliphatic rings. The van der Waals surface area contributed by atoms with E-state index in [0.29, 0.717) is 12.1 Å². The number of hydrogen-bond donors (Lipinski definition) is 1. The summed E-state index contributed by atoms with van der Waals surface area (Å²) in [6.45, 7) is 5.09. The lowest BCUT2D eigenvalue weighted by molar-refractivity contribution is -0.00678. The summed E-state index contributed by atoms with van der Waals surface area (Å²) in [5.41, 5.74) is -0.0574. The molecule has 0 aliphatic heterocycles. The van der Waals surface area contributed by atoms with Crippen LogP contribution in [0.4, 0.5) is 0 Å². The van der Waals surface area contributed by atoms with Gasteiger partial charge in [0.2, 0.25) is 0 Å². The second-order valence-corrected chi connectivity index (χ2v) is 4.37. The Bertz CT molecular complexity index is 153. The highest BCUT2D eigenvalue weighted by atomic mass is 16.5. The third-order valence-corrected chi connectivity index (χ3v) is 2.80. The van der Waals surface area contributed by atoms with Crippen LogP contribution in [0.25, 0.3) is 0 Å². The van der Waals surface area contributed by atoms with Gasteiger partial charge < -0.3 is 14.8 Å². The van der Waals surface area contributed by atoms with Gasteiger partial charge in [0.15, 0.2) is 0 Å². The second-order valence-electron chi connectivity index (χ2n) is 4.37. The van der Waals surface area contributed by atoms with Gasteiger partial charge in [0.1, 0.15) is 0 Å². The molecule has 0 amide bonds. The Morgan fingerprint density at radius 2 is 1.92 bits per heavy atom. The van der Waals surface area contributed by atoms with E-state index in [9.17, 15) is 0 Å². The average molecular weight is 187 g/mol. The fraction of sp³-hybridized carbons (Fsp3) is 1.00. The van der Waals surface area contributed by atoms with Crippen molar-refractivity contribution in [2.75, 3.05) is 20.8 Å². The van der Waals surface area contributed by atoms with Crippen LogP contribution in [0.5, 0.6) is 0 Å². The maximum absolute atomic E-state index is 5.32. The molecule has 1 aliphatic carbocycles. The first-order valence-corrected chi connectivity index (χ1v) is 4.89. The summed E-state index contributed by atoms with van der Waals surface area (Å²) >= 11 is 0. The Morgan fingerprint density at radius 3 is 2.38 bits per heavy atom. The van der Waals surface area contributed by atoms with Gasteiger partial charge in [0.05, 0.1) is 11.7 Å². The van der Waals surface area contributed by atoms with Crippen LogP contribution in [0.15, 0.2) is 0 Å². The fourth-order valence-corrected chi connectivity index (χ4v) is 1.39. The molecule has 0 aromatic rings. The van der Waals surface area contributed by atoms with Crippen LogP contribution in [-0.4, -0.2) is 38.5 Å². The highest BCUT2D eigenvalue weighted by molar-refractivity contribution is 4.87. The van der Waals surface area contributed by atoms with Crippen molar-refractivity contribution in [1.29, 1.82) is 0 Å². The summed E-state index contributed by atoms with van der Waals surface area (Å²) in [5, 5.41) is 3.47. The minimum absolute atomic E-state index is 0.0574. The molecule has 1 fully saturated rings. The summed E-state index contributed by atoms with van der Waals surface area (Å²) < 4.78 is 10.5. The number of methoxy groups -OCH3 is 2. The maximum Gasteiger partial charge on any atom is 0.0746 e. The van der Waals surface area contributed by atoms with Crippen LogP contribution >= 0.6 is 0 Å². The SMILES string of the molecule is COC1CC(NCC(C)(C)OC)C1. The average Bonchev–Trinajstić information content (AvgIpc) is 2.02. The Kier molecular flexibility index (Phi) is 3.71. The Morgan fingerprint density at radius 1 is 1.31 bits per heavy atom. The quantitative estimate of drug-likeness (QED) is 0.701. The first-order chi connectivity index (χ1) is 6.07. The van der Waals surface area contributed by atoms with Gasteiger partial charge in [-0.25, -0.2) is 0 Å². The second kappa shape index (κ2) is 4.40. The molecule has 0 spiro atoms. The van der Waals surface area contributed by atoms with Gasteiger partial charge in [-0.15, -0.1) is 0 Å². The van der Waals surface area contributed by atoms with Crippen molar-refractivity contribution in [3.63, 3.8) is 0 Å². The van der Waals surface area contributed by atoms with Crippen LogP contribution < -0.4 is 5.32 Å². The van der Waals surface area contributed by atoms with Crippen molar-refractivity contribution in [1.82, 2.24) is 5.32 Å². The van der Waals surface area contributed by atoms with Gasteiger partial charge in [-0.3, -0.25) is 0 Å². The van der Waals surface area contributed by atoms with Gasteiger partial charge >= 0.3 is 0 Å². The summed E-state index contributed by atoms with van der Waals surface area (Å²) in [6, 6.07) is 0.624. The van der Waals surface area contributed by atoms with Crippen molar-refractivity contribution in [3.05, 3.63) is 0 Å². The van der Waals surface area contributed by atoms with E-state index in [-0.39, 0.29) is 5.60 Å². The highest BCUT2D eigenvalue weighted by Crippen LogP contribution is 2.22. The van der Waals surface area contributed by atoms with Crippen molar-refractivity contribution in [2.24, 2.45) is 0 Å². The smallest absolute Gasteiger partial charge is 0.0746 e. The van der Waals surface area contributed by atoms with E-state index < -0.39 is 0 Å². The Hall–Kier alpha value is -0.120. The lowest BCUT2D eigenvalue weighted by Crippen LogP contribution is -2.49. The molecule has 0 aromatic carbocycles. The van der Waals surface area contributed by atoms with E-state index >= 15 is 0 Å². The van der Waals surface area contributed by atoms with E-state index in [0.717, 1.165) is 19.4 Å². The minimum atomic E-state index is -0.0574. The maximum atomic E-state index is 5.32. The molecule has 0 atom stereocenters. The zero-order valence-corrected chi connectivity index (χ0v) is 9.09. The van der Waals surface area contributed by atoms with Gasteiger partial charge in [-0.2, -0.15) is 0 Å². The van der Waals surface area contributed by atoms with Crippen molar-refractivity contribution < 1.29 is 9.47 Å². The molecular formula is C10H21NO2. The lowest BCUT2D eigenvalue weighted by Gasteiger charge is -2.37. The Labute approximate surface area is 80.8 Å². The van der Waals surface area contributed by atoms with Crippen LogP contribution in [0.2, 0.25) is 0 Å². The largest absolute Gasteiger partial charge is 0.381 e. The van der Waals surface area contributed by atoms with Crippen LogP contribution in [0, 0.1) is 0 Å². The summed E-state index contributed by atoms with van der Waals surface area (Å²) in [6.07, 6.45) is 2.75. The van der Waals surface area contributed by atoms with Crippen molar-refractivity contribution in [3.8, 4) is 0 Å². The standard InChI is InChI=1S/C10H21NO2/c1-10(2,13-4)7-11-8-5-9(6-8)12-3/h8-9,11H,5-7H2,1-4H3. The molecule has 13 heavy (non-hydrogen) atoms. The van der Waals surface area contributed by atoms with Crippen molar-refractivity contribution >= 4 is 0 Å². The summed E-state index contributed by atoms with van der Waals surface area (Å²) in [4.78, 5) is 0. The zero-order chi connectivity index (χ0) is 9.90. The molecule has 0 bridgehead atoms. The van der Waals surface area contributed by atoms with Gasteiger partial charge in [-0.1, -0.05) is 0 Å². The molecule has 1 saturated carbocycles. The molecule has 3 nitrogen and oxygen atoms in total. The third-order valence-electron chi connectivity index (χ3n) is 2.80. The van der Waals surface area contributed by atoms with E-state index in [2.05, 4.69) is 19.2 Å². The number of hydrogen-bond acceptors (Lipinski definition) is 3. The van der Waals surface area contributed by atoms with Crippen LogP contribution in [0.3, 0.4) is 0 Å². The molecule has 1 rings (SSSR count). The molecule has 0 heterocycles. The van der Waals surface area contributed by atoms with Gasteiger partial charge in [0, 0.05) is 26.8 Å². The lowest BCUT2D eigenvalue weighted by atomic mass is 9.89. The zero-order valence-electron chi connectivity index (χ0n) is 9.09. The van der Waals surface area contributed by atoms with Gasteiger partial charge in [0.25, 0.3) is 0 Å². The molecular weight excluding hydrogens is 166 g/mol. The molecule has 0 saturated heterocycles.